The van der Waals surface area contributed by atoms with Gasteiger partial charge in [-0.3, -0.25) is 4.68 Å². The van der Waals surface area contributed by atoms with Gasteiger partial charge in [-0.15, -0.1) is 0 Å². The number of anilines is 3. The van der Waals surface area contributed by atoms with Crippen LogP contribution in [-0.2, 0) is 4.74 Å². The van der Waals surface area contributed by atoms with E-state index < -0.39 is 0 Å². The predicted octanol–water partition coefficient (Wildman–Crippen LogP) is 4.38. The zero-order chi connectivity index (χ0) is 22.2. The van der Waals surface area contributed by atoms with E-state index >= 15 is 0 Å². The maximum Gasteiger partial charge on any atom is 0.123 e. The molecule has 33 heavy (non-hydrogen) atoms. The average molecular weight is 443 g/mol. The van der Waals surface area contributed by atoms with Crippen LogP contribution in [-0.4, -0.2) is 47.6 Å². The minimum absolute atomic E-state index is 0.530. The van der Waals surface area contributed by atoms with Gasteiger partial charge >= 0.3 is 0 Å². The molecule has 2 aromatic heterocycles. The van der Waals surface area contributed by atoms with E-state index in [0.717, 1.165) is 49.6 Å². The van der Waals surface area contributed by atoms with Crippen molar-refractivity contribution in [2.75, 3.05) is 48.4 Å². The molecule has 0 unspecified atom stereocenters. The van der Waals surface area contributed by atoms with Crippen molar-refractivity contribution in [1.29, 1.82) is 0 Å². The minimum Gasteiger partial charge on any atom is -0.384 e. The van der Waals surface area contributed by atoms with Crippen molar-refractivity contribution in [2.45, 2.75) is 31.7 Å². The average Bonchev–Trinajstić information content (AvgIpc) is 3.54. The normalized spacial score (nSPS) is 19.5. The summed E-state index contributed by atoms with van der Waals surface area (Å²) < 4.78 is 7.86. The fraction of sp³-hybridized carbons (Fsp3) is 0.385. The number of morpholine rings is 1. The van der Waals surface area contributed by atoms with Crippen molar-refractivity contribution < 1.29 is 4.74 Å². The first-order valence-electron chi connectivity index (χ1n) is 12.0. The number of fused-ring (bicyclic) bond motifs is 1. The Hall–Kier alpha value is -3.32. The van der Waals surface area contributed by atoms with Gasteiger partial charge in [-0.05, 0) is 43.2 Å². The van der Waals surface area contributed by atoms with E-state index in [1.54, 1.807) is 0 Å². The molecule has 3 aliphatic rings. The number of allylic oxidation sites excluding steroid dienone is 2. The summed E-state index contributed by atoms with van der Waals surface area (Å²) in [6.07, 6.45) is 15.6. The highest BCUT2D eigenvalue weighted by molar-refractivity contribution is 5.95. The smallest absolute Gasteiger partial charge is 0.123 e. The fourth-order valence-electron chi connectivity index (χ4n) is 5.25. The molecule has 2 aliphatic heterocycles. The van der Waals surface area contributed by atoms with Gasteiger partial charge in [0.15, 0.2) is 0 Å². The van der Waals surface area contributed by atoms with Crippen LogP contribution in [0.5, 0.6) is 0 Å². The maximum absolute atomic E-state index is 5.85. The number of rotatable bonds is 4. The molecule has 7 heteroatoms. The fourth-order valence-corrected chi connectivity index (χ4v) is 5.25. The highest BCUT2D eigenvalue weighted by Gasteiger charge is 2.25. The number of pyridine rings is 1. The number of nitrogen functional groups attached to an aromatic ring is 1. The van der Waals surface area contributed by atoms with Gasteiger partial charge in [0.05, 0.1) is 41.8 Å². The third-order valence-electron chi connectivity index (χ3n) is 7.01. The molecule has 1 aliphatic carbocycles. The van der Waals surface area contributed by atoms with Crippen molar-refractivity contribution in [3.05, 3.63) is 60.5 Å². The van der Waals surface area contributed by atoms with E-state index in [9.17, 15) is 0 Å². The highest BCUT2D eigenvalue weighted by atomic mass is 16.5. The lowest BCUT2D eigenvalue weighted by molar-refractivity contribution is 0.123. The minimum atomic E-state index is 0.530. The SMILES string of the molecule is Nc1ccc(C2=CC=CCN2c2cc3cn(C4CCCC4)nc3cc2N2CCOCC2)cn1. The molecule has 2 N–H and O–H groups in total. The lowest BCUT2D eigenvalue weighted by Crippen LogP contribution is -2.37. The molecule has 7 nitrogen and oxygen atoms in total. The number of nitrogens with two attached hydrogens (primary N) is 1. The molecule has 3 aromatic rings. The maximum atomic E-state index is 5.85. The van der Waals surface area contributed by atoms with Crippen LogP contribution in [0.25, 0.3) is 16.6 Å². The number of hydrogen-bond donors (Lipinski definition) is 1. The van der Waals surface area contributed by atoms with Gasteiger partial charge < -0.3 is 20.3 Å². The van der Waals surface area contributed by atoms with Gasteiger partial charge in [0, 0.05) is 43.0 Å². The van der Waals surface area contributed by atoms with E-state index in [1.165, 1.54) is 42.4 Å². The summed E-state index contributed by atoms with van der Waals surface area (Å²) >= 11 is 0. The molecule has 1 aromatic carbocycles. The summed E-state index contributed by atoms with van der Waals surface area (Å²) in [4.78, 5) is 9.15. The molecule has 0 bridgehead atoms. The Morgan fingerprint density at radius 1 is 1.03 bits per heavy atom. The van der Waals surface area contributed by atoms with E-state index in [4.69, 9.17) is 15.6 Å². The van der Waals surface area contributed by atoms with Crippen LogP contribution >= 0.6 is 0 Å². The summed E-state index contributed by atoms with van der Waals surface area (Å²) in [5.41, 5.74) is 11.5. The summed E-state index contributed by atoms with van der Waals surface area (Å²) in [5, 5.41) is 6.20. The van der Waals surface area contributed by atoms with Gasteiger partial charge in [0.25, 0.3) is 0 Å². The molecule has 0 atom stereocenters. The molecule has 0 radical (unpaired) electrons. The number of benzene rings is 1. The predicted molar refractivity (Wildman–Crippen MR) is 133 cm³/mol. The topological polar surface area (TPSA) is 72.4 Å². The van der Waals surface area contributed by atoms with Crippen molar-refractivity contribution in [2.24, 2.45) is 0 Å². The number of nitrogens with zero attached hydrogens (tertiary/aromatic N) is 5. The Bertz CT molecular complexity index is 1200. The monoisotopic (exact) mass is 442 g/mol. The van der Waals surface area contributed by atoms with Gasteiger partial charge in [-0.25, -0.2) is 4.98 Å². The Balaban J connectivity index is 1.46. The zero-order valence-electron chi connectivity index (χ0n) is 18.9. The third kappa shape index (κ3) is 3.86. The molecular weight excluding hydrogens is 412 g/mol. The number of aromatic nitrogens is 3. The third-order valence-corrected chi connectivity index (χ3v) is 7.01. The van der Waals surface area contributed by atoms with Crippen LogP contribution < -0.4 is 15.5 Å². The molecule has 0 amide bonds. The Morgan fingerprint density at radius 2 is 1.88 bits per heavy atom. The molecule has 6 rings (SSSR count). The lowest BCUT2D eigenvalue weighted by atomic mass is 10.1. The lowest BCUT2D eigenvalue weighted by Gasteiger charge is -2.36. The zero-order valence-corrected chi connectivity index (χ0v) is 18.9. The van der Waals surface area contributed by atoms with E-state index in [2.05, 4.69) is 56.0 Å². The van der Waals surface area contributed by atoms with Crippen LogP contribution in [0.1, 0.15) is 37.3 Å². The van der Waals surface area contributed by atoms with Gasteiger partial charge in [-0.2, -0.15) is 5.10 Å². The summed E-state index contributed by atoms with van der Waals surface area (Å²) in [7, 11) is 0. The van der Waals surface area contributed by atoms with E-state index in [-0.39, 0.29) is 0 Å². The highest BCUT2D eigenvalue weighted by Crippen LogP contribution is 2.40. The molecule has 4 heterocycles. The van der Waals surface area contributed by atoms with Crippen LogP contribution in [0.3, 0.4) is 0 Å². The first-order valence-corrected chi connectivity index (χ1v) is 12.0. The van der Waals surface area contributed by atoms with Gasteiger partial charge in [0.2, 0.25) is 0 Å². The Kier molecular flexibility index (Phi) is 5.26. The molecule has 170 valence electrons. The van der Waals surface area contributed by atoms with Crippen LogP contribution in [0.4, 0.5) is 17.2 Å². The first kappa shape index (κ1) is 20.3. The van der Waals surface area contributed by atoms with Crippen LogP contribution in [0.2, 0.25) is 0 Å². The molecule has 1 saturated heterocycles. The molecule has 0 spiro atoms. The first-order chi connectivity index (χ1) is 16.3. The van der Waals surface area contributed by atoms with E-state index in [1.807, 2.05) is 18.3 Å². The molecule has 1 saturated carbocycles. The van der Waals surface area contributed by atoms with Gasteiger partial charge in [-0.1, -0.05) is 25.0 Å². The van der Waals surface area contributed by atoms with Gasteiger partial charge in [0.1, 0.15) is 5.82 Å². The summed E-state index contributed by atoms with van der Waals surface area (Å²) in [5.74, 6) is 0.534. The molecular formula is C26H30N6O. The van der Waals surface area contributed by atoms with Crippen molar-refractivity contribution in [1.82, 2.24) is 14.8 Å². The Morgan fingerprint density at radius 3 is 2.67 bits per heavy atom. The quantitative estimate of drug-likeness (QED) is 0.646. The second-order valence-corrected chi connectivity index (χ2v) is 9.11. The van der Waals surface area contributed by atoms with Crippen molar-refractivity contribution >= 4 is 33.8 Å². The van der Waals surface area contributed by atoms with Crippen LogP contribution in [0, 0.1) is 0 Å². The Labute approximate surface area is 194 Å². The largest absolute Gasteiger partial charge is 0.384 e. The van der Waals surface area contributed by atoms with Crippen molar-refractivity contribution in [3.8, 4) is 0 Å². The summed E-state index contributed by atoms with van der Waals surface area (Å²) in [6, 6.07) is 9.03. The second-order valence-electron chi connectivity index (χ2n) is 9.11. The summed E-state index contributed by atoms with van der Waals surface area (Å²) in [6.45, 7) is 4.06. The van der Waals surface area contributed by atoms with E-state index in [0.29, 0.717) is 11.9 Å². The number of hydrogen-bond acceptors (Lipinski definition) is 6. The molecule has 2 fully saturated rings. The number of ether oxygens (including phenoxy) is 1. The van der Waals surface area contributed by atoms with Crippen LogP contribution in [0.15, 0.2) is 54.9 Å². The standard InChI is InChI=1S/C26H30N6O/c27-26-9-8-19(17-28-26)23-7-3-4-10-31(23)25-15-20-18-32(21-5-1-2-6-21)29-22(20)16-24(25)30-11-13-33-14-12-30/h3-4,7-9,15-18,21H,1-2,5-6,10-14H2,(H2,27,28). The second kappa shape index (κ2) is 8.56. The van der Waals surface area contributed by atoms with Crippen molar-refractivity contribution in [3.63, 3.8) is 0 Å².